The van der Waals surface area contributed by atoms with E-state index in [-0.39, 0.29) is 0 Å². The molecule has 0 aromatic heterocycles. The topological polar surface area (TPSA) is 20.3 Å². The van der Waals surface area contributed by atoms with Crippen molar-refractivity contribution in [1.29, 1.82) is 0 Å². The molecule has 0 spiro atoms. The molecule has 1 fully saturated rings. The number of benzene rings is 1. The molecule has 1 aromatic carbocycles. The molecule has 2 unspecified atom stereocenters. The maximum absolute atomic E-state index is 12.4. The van der Waals surface area contributed by atoms with Gasteiger partial charge < -0.3 is 4.90 Å². The van der Waals surface area contributed by atoms with E-state index in [0.717, 1.165) is 37.2 Å². The van der Waals surface area contributed by atoms with Gasteiger partial charge in [0, 0.05) is 30.8 Å². The number of nitrogens with zero attached hydrogens (tertiary/aromatic N) is 1. The lowest BCUT2D eigenvalue weighted by Gasteiger charge is -2.26. The van der Waals surface area contributed by atoms with Gasteiger partial charge in [-0.2, -0.15) is 0 Å². The maximum Gasteiger partial charge on any atom is 0.222 e. The summed E-state index contributed by atoms with van der Waals surface area (Å²) in [4.78, 5) is 14.4. The van der Waals surface area contributed by atoms with Crippen LogP contribution in [0.4, 0.5) is 0 Å². The second-order valence-electron chi connectivity index (χ2n) is 6.08. The van der Waals surface area contributed by atoms with Crippen LogP contribution < -0.4 is 0 Å². The molecule has 0 N–H and O–H groups in total. The number of hydrogen-bond acceptors (Lipinski definition) is 1. The highest BCUT2D eigenvalue weighted by Gasteiger charge is 2.24. The quantitative estimate of drug-likeness (QED) is 0.686. The van der Waals surface area contributed by atoms with E-state index in [4.69, 9.17) is 0 Å². The van der Waals surface area contributed by atoms with Gasteiger partial charge in [-0.05, 0) is 24.3 Å². The smallest absolute Gasteiger partial charge is 0.222 e. The summed E-state index contributed by atoms with van der Waals surface area (Å²) in [6.45, 7) is 4.01. The van der Waals surface area contributed by atoms with Gasteiger partial charge in [0.25, 0.3) is 0 Å². The van der Waals surface area contributed by atoms with E-state index in [1.807, 2.05) is 6.07 Å². The summed E-state index contributed by atoms with van der Waals surface area (Å²) < 4.78 is 0. The van der Waals surface area contributed by atoms with Gasteiger partial charge in [0.1, 0.15) is 0 Å². The van der Waals surface area contributed by atoms with Crippen LogP contribution in [0.1, 0.15) is 50.5 Å². The zero-order valence-electron chi connectivity index (χ0n) is 12.9. The SMILES string of the molecule is CCCC1CCC(=O)N(CC(CBr)c2ccccc2)CC1. The standard InChI is InChI=1S/C18H26BrNO/c1-2-6-15-9-10-18(21)20(12-11-15)14-17(13-19)16-7-4-3-5-8-16/h3-5,7-8,15,17H,2,6,9-14H2,1H3. The van der Waals surface area contributed by atoms with Crippen LogP contribution in [0.2, 0.25) is 0 Å². The molecule has 1 aliphatic rings. The number of amides is 1. The molecule has 0 saturated carbocycles. The third-order valence-corrected chi connectivity index (χ3v) is 5.30. The van der Waals surface area contributed by atoms with Gasteiger partial charge >= 0.3 is 0 Å². The van der Waals surface area contributed by atoms with Crippen molar-refractivity contribution in [2.24, 2.45) is 5.92 Å². The van der Waals surface area contributed by atoms with E-state index in [1.165, 1.54) is 24.8 Å². The van der Waals surface area contributed by atoms with Crippen LogP contribution in [0.5, 0.6) is 0 Å². The summed E-state index contributed by atoms with van der Waals surface area (Å²) in [7, 11) is 0. The van der Waals surface area contributed by atoms with E-state index in [9.17, 15) is 4.79 Å². The van der Waals surface area contributed by atoms with Gasteiger partial charge in [0.15, 0.2) is 0 Å². The number of hydrogen-bond donors (Lipinski definition) is 0. The van der Waals surface area contributed by atoms with Crippen LogP contribution >= 0.6 is 15.9 Å². The Bertz CT molecular complexity index is 434. The Morgan fingerprint density at radius 2 is 2.05 bits per heavy atom. The third kappa shape index (κ3) is 4.84. The van der Waals surface area contributed by atoms with E-state index >= 15 is 0 Å². The number of rotatable bonds is 6. The largest absolute Gasteiger partial charge is 0.342 e. The van der Waals surface area contributed by atoms with Crippen LogP contribution in [0.25, 0.3) is 0 Å². The summed E-state index contributed by atoms with van der Waals surface area (Å²) in [5.74, 6) is 1.47. The molecule has 3 heteroatoms. The third-order valence-electron chi connectivity index (χ3n) is 4.52. The monoisotopic (exact) mass is 351 g/mol. The minimum atomic E-state index is 0.343. The second kappa shape index (κ2) is 8.57. The lowest BCUT2D eigenvalue weighted by Crippen LogP contribution is -2.34. The molecule has 1 amide bonds. The molecule has 1 heterocycles. The predicted molar refractivity (Wildman–Crippen MR) is 91.8 cm³/mol. The fourth-order valence-electron chi connectivity index (χ4n) is 3.22. The normalized spacial score (nSPS) is 21.1. The Morgan fingerprint density at radius 3 is 2.71 bits per heavy atom. The van der Waals surface area contributed by atoms with Crippen molar-refractivity contribution in [2.45, 2.75) is 44.9 Å². The van der Waals surface area contributed by atoms with Crippen molar-refractivity contribution >= 4 is 21.8 Å². The average molecular weight is 352 g/mol. The summed E-state index contributed by atoms with van der Waals surface area (Å²) in [5.41, 5.74) is 1.32. The van der Waals surface area contributed by atoms with Crippen molar-refractivity contribution in [3.05, 3.63) is 35.9 Å². The Labute approximate surface area is 137 Å². The fourth-order valence-corrected chi connectivity index (χ4v) is 3.80. The van der Waals surface area contributed by atoms with E-state index in [0.29, 0.717) is 11.8 Å². The van der Waals surface area contributed by atoms with Gasteiger partial charge in [-0.3, -0.25) is 4.79 Å². The minimum absolute atomic E-state index is 0.343. The molecular weight excluding hydrogens is 326 g/mol. The maximum atomic E-state index is 12.4. The highest BCUT2D eigenvalue weighted by molar-refractivity contribution is 9.09. The summed E-state index contributed by atoms with van der Waals surface area (Å²) in [6.07, 6.45) is 5.47. The molecule has 2 nitrogen and oxygen atoms in total. The zero-order valence-corrected chi connectivity index (χ0v) is 14.5. The van der Waals surface area contributed by atoms with Gasteiger partial charge in [-0.1, -0.05) is 66.0 Å². The number of halogens is 1. The Kier molecular flexibility index (Phi) is 6.75. The van der Waals surface area contributed by atoms with Gasteiger partial charge in [-0.25, -0.2) is 0 Å². The van der Waals surface area contributed by atoms with Crippen LogP contribution in [0, 0.1) is 5.92 Å². The summed E-state index contributed by atoms with van der Waals surface area (Å²) in [5, 5.41) is 0.902. The first-order valence-electron chi connectivity index (χ1n) is 8.13. The first-order valence-corrected chi connectivity index (χ1v) is 9.25. The van der Waals surface area contributed by atoms with E-state index in [1.54, 1.807) is 0 Å². The van der Waals surface area contributed by atoms with Crippen LogP contribution in [-0.4, -0.2) is 29.2 Å². The molecule has 2 atom stereocenters. The minimum Gasteiger partial charge on any atom is -0.342 e. The molecule has 1 aliphatic heterocycles. The van der Waals surface area contributed by atoms with Crippen molar-refractivity contribution in [3.8, 4) is 0 Å². The number of carbonyl (C=O) groups excluding carboxylic acids is 1. The van der Waals surface area contributed by atoms with Gasteiger partial charge in [0.05, 0.1) is 0 Å². The van der Waals surface area contributed by atoms with Crippen LogP contribution in [0.3, 0.4) is 0 Å². The van der Waals surface area contributed by atoms with E-state index in [2.05, 4.69) is 52.0 Å². The molecular formula is C18H26BrNO. The van der Waals surface area contributed by atoms with Crippen molar-refractivity contribution in [1.82, 2.24) is 4.90 Å². The zero-order chi connectivity index (χ0) is 15.1. The molecule has 116 valence electrons. The summed E-state index contributed by atoms with van der Waals surface area (Å²) in [6, 6.07) is 10.5. The molecule has 2 rings (SSSR count). The van der Waals surface area contributed by atoms with Crippen molar-refractivity contribution in [3.63, 3.8) is 0 Å². The Balaban J connectivity index is 1.98. The second-order valence-corrected chi connectivity index (χ2v) is 6.73. The van der Waals surface area contributed by atoms with E-state index < -0.39 is 0 Å². The number of likely N-dealkylation sites (tertiary alicyclic amines) is 1. The van der Waals surface area contributed by atoms with Crippen LogP contribution in [0.15, 0.2) is 30.3 Å². The highest BCUT2D eigenvalue weighted by atomic mass is 79.9. The molecule has 0 bridgehead atoms. The molecule has 0 radical (unpaired) electrons. The lowest BCUT2D eigenvalue weighted by molar-refractivity contribution is -0.130. The predicted octanol–water partition coefficient (Wildman–Crippen LogP) is 4.59. The molecule has 1 aromatic rings. The average Bonchev–Trinajstić information content (AvgIpc) is 2.69. The Hall–Kier alpha value is -0.830. The van der Waals surface area contributed by atoms with Gasteiger partial charge in [0.2, 0.25) is 5.91 Å². The highest BCUT2D eigenvalue weighted by Crippen LogP contribution is 2.25. The molecule has 1 saturated heterocycles. The Morgan fingerprint density at radius 1 is 1.29 bits per heavy atom. The fraction of sp³-hybridized carbons (Fsp3) is 0.611. The van der Waals surface area contributed by atoms with Crippen molar-refractivity contribution < 1.29 is 4.79 Å². The van der Waals surface area contributed by atoms with Gasteiger partial charge in [-0.15, -0.1) is 0 Å². The molecule has 0 aliphatic carbocycles. The first-order chi connectivity index (χ1) is 10.2. The van der Waals surface area contributed by atoms with Crippen LogP contribution in [-0.2, 0) is 4.79 Å². The first kappa shape index (κ1) is 16.5. The van der Waals surface area contributed by atoms with Crippen molar-refractivity contribution in [2.75, 3.05) is 18.4 Å². The number of carbonyl (C=O) groups is 1. The molecule has 21 heavy (non-hydrogen) atoms. The number of alkyl halides is 1. The lowest BCUT2D eigenvalue weighted by atomic mass is 9.96. The summed E-state index contributed by atoms with van der Waals surface area (Å²) >= 11 is 3.62.